The number of amides is 2. The molecule has 0 spiro atoms. The van der Waals surface area contributed by atoms with Crippen molar-refractivity contribution in [2.45, 2.75) is 12.8 Å². The molecule has 0 unspecified atom stereocenters. The number of rotatable bonds is 6. The molecule has 0 aromatic rings. The summed E-state index contributed by atoms with van der Waals surface area (Å²) in [4.78, 5) is 26.0. The highest BCUT2D eigenvalue weighted by Crippen LogP contribution is 2.02. The van der Waals surface area contributed by atoms with Crippen LogP contribution in [0, 0.1) is 0 Å². The SMILES string of the molecule is C=CCCNC(=O)N1CCN(CCC(=O)O)CC1. The molecule has 0 saturated carbocycles. The third-order valence-corrected chi connectivity index (χ3v) is 2.93. The highest BCUT2D eigenvalue weighted by atomic mass is 16.4. The van der Waals surface area contributed by atoms with Crippen LogP contribution in [0.3, 0.4) is 0 Å². The maximum atomic E-state index is 11.7. The number of urea groups is 1. The van der Waals surface area contributed by atoms with Gasteiger partial charge in [-0.2, -0.15) is 0 Å². The van der Waals surface area contributed by atoms with Crippen LogP contribution in [0.2, 0.25) is 0 Å². The van der Waals surface area contributed by atoms with E-state index in [9.17, 15) is 9.59 Å². The molecule has 2 amide bonds. The van der Waals surface area contributed by atoms with Crippen LogP contribution >= 0.6 is 0 Å². The third-order valence-electron chi connectivity index (χ3n) is 2.93. The Kier molecular flexibility index (Phi) is 6.21. The zero-order chi connectivity index (χ0) is 13.4. The molecule has 6 heteroatoms. The first-order valence-electron chi connectivity index (χ1n) is 6.21. The van der Waals surface area contributed by atoms with Crippen molar-refractivity contribution in [2.24, 2.45) is 0 Å². The molecule has 0 bridgehead atoms. The molecule has 1 rings (SSSR count). The summed E-state index contributed by atoms with van der Waals surface area (Å²) in [5.41, 5.74) is 0. The minimum Gasteiger partial charge on any atom is -0.481 e. The molecule has 1 aliphatic heterocycles. The smallest absolute Gasteiger partial charge is 0.317 e. The summed E-state index contributed by atoms with van der Waals surface area (Å²) in [6.07, 6.45) is 2.69. The second-order valence-corrected chi connectivity index (χ2v) is 4.28. The number of carboxylic acid groups (broad SMARTS) is 1. The number of aliphatic carboxylic acids is 1. The van der Waals surface area contributed by atoms with E-state index in [0.717, 1.165) is 19.5 Å². The monoisotopic (exact) mass is 255 g/mol. The number of hydrogen-bond acceptors (Lipinski definition) is 3. The maximum absolute atomic E-state index is 11.7. The van der Waals surface area contributed by atoms with Crippen LogP contribution < -0.4 is 5.32 Å². The molecule has 0 aromatic carbocycles. The zero-order valence-corrected chi connectivity index (χ0v) is 10.6. The summed E-state index contributed by atoms with van der Waals surface area (Å²) >= 11 is 0. The van der Waals surface area contributed by atoms with Gasteiger partial charge in [0.05, 0.1) is 6.42 Å². The maximum Gasteiger partial charge on any atom is 0.317 e. The van der Waals surface area contributed by atoms with Gasteiger partial charge in [0.15, 0.2) is 0 Å². The molecule has 18 heavy (non-hydrogen) atoms. The molecule has 6 nitrogen and oxygen atoms in total. The molecule has 0 radical (unpaired) electrons. The van der Waals surface area contributed by atoms with E-state index in [1.807, 2.05) is 0 Å². The third kappa shape index (κ3) is 5.18. The van der Waals surface area contributed by atoms with Gasteiger partial charge in [-0.25, -0.2) is 4.79 Å². The average Bonchev–Trinajstić information content (AvgIpc) is 2.37. The van der Waals surface area contributed by atoms with E-state index in [-0.39, 0.29) is 12.5 Å². The first kappa shape index (κ1) is 14.5. The number of piperazine rings is 1. The number of hydrogen-bond donors (Lipinski definition) is 2. The molecule has 102 valence electrons. The van der Waals surface area contributed by atoms with Crippen LogP contribution in [0.15, 0.2) is 12.7 Å². The van der Waals surface area contributed by atoms with Gasteiger partial charge in [-0.1, -0.05) is 6.08 Å². The Morgan fingerprint density at radius 3 is 2.50 bits per heavy atom. The Morgan fingerprint density at radius 1 is 1.28 bits per heavy atom. The molecule has 0 aliphatic carbocycles. The van der Waals surface area contributed by atoms with Gasteiger partial charge in [0.25, 0.3) is 0 Å². The largest absolute Gasteiger partial charge is 0.481 e. The number of nitrogens with zero attached hydrogens (tertiary/aromatic N) is 2. The van der Waals surface area contributed by atoms with E-state index < -0.39 is 5.97 Å². The van der Waals surface area contributed by atoms with Crippen LogP contribution in [-0.4, -0.2) is 66.2 Å². The second-order valence-electron chi connectivity index (χ2n) is 4.28. The predicted octanol–water partition coefficient (Wildman–Crippen LogP) is 0.364. The van der Waals surface area contributed by atoms with Crippen molar-refractivity contribution in [3.8, 4) is 0 Å². The summed E-state index contributed by atoms with van der Waals surface area (Å²) < 4.78 is 0. The Morgan fingerprint density at radius 2 is 1.94 bits per heavy atom. The van der Waals surface area contributed by atoms with Crippen LogP contribution in [0.4, 0.5) is 4.79 Å². The first-order valence-corrected chi connectivity index (χ1v) is 6.21. The minimum absolute atomic E-state index is 0.0465. The Bertz CT molecular complexity index is 299. The van der Waals surface area contributed by atoms with E-state index in [4.69, 9.17) is 5.11 Å². The molecule has 1 aliphatic rings. The van der Waals surface area contributed by atoms with Gasteiger partial charge in [0, 0.05) is 39.3 Å². The lowest BCUT2D eigenvalue weighted by Gasteiger charge is -2.34. The lowest BCUT2D eigenvalue weighted by atomic mass is 10.3. The normalized spacial score (nSPS) is 16.3. The molecular weight excluding hydrogens is 234 g/mol. The minimum atomic E-state index is -0.778. The van der Waals surface area contributed by atoms with E-state index in [0.29, 0.717) is 26.2 Å². The quantitative estimate of drug-likeness (QED) is 0.531. The number of carboxylic acids is 1. The fourth-order valence-corrected chi connectivity index (χ4v) is 1.82. The van der Waals surface area contributed by atoms with E-state index in [1.165, 1.54) is 0 Å². The van der Waals surface area contributed by atoms with Crippen molar-refractivity contribution in [3.05, 3.63) is 12.7 Å². The van der Waals surface area contributed by atoms with Crippen molar-refractivity contribution < 1.29 is 14.7 Å². The zero-order valence-electron chi connectivity index (χ0n) is 10.6. The fourth-order valence-electron chi connectivity index (χ4n) is 1.82. The molecule has 0 atom stereocenters. The van der Waals surface area contributed by atoms with Gasteiger partial charge in [-0.3, -0.25) is 9.69 Å². The van der Waals surface area contributed by atoms with E-state index in [2.05, 4.69) is 16.8 Å². The second kappa shape index (κ2) is 7.71. The van der Waals surface area contributed by atoms with Crippen molar-refractivity contribution >= 4 is 12.0 Å². The van der Waals surface area contributed by atoms with Gasteiger partial charge in [0.1, 0.15) is 0 Å². The molecule has 1 heterocycles. The first-order chi connectivity index (χ1) is 8.63. The van der Waals surface area contributed by atoms with E-state index in [1.54, 1.807) is 11.0 Å². The van der Waals surface area contributed by atoms with Crippen LogP contribution in [-0.2, 0) is 4.79 Å². The van der Waals surface area contributed by atoms with Crippen molar-refractivity contribution in [1.82, 2.24) is 15.1 Å². The van der Waals surface area contributed by atoms with Crippen molar-refractivity contribution in [1.29, 1.82) is 0 Å². The van der Waals surface area contributed by atoms with Crippen molar-refractivity contribution in [2.75, 3.05) is 39.3 Å². The Balaban J connectivity index is 2.19. The van der Waals surface area contributed by atoms with Gasteiger partial charge >= 0.3 is 12.0 Å². The van der Waals surface area contributed by atoms with Gasteiger partial charge in [-0.15, -0.1) is 6.58 Å². The topological polar surface area (TPSA) is 72.9 Å². The lowest BCUT2D eigenvalue weighted by Crippen LogP contribution is -2.52. The summed E-state index contributed by atoms with van der Waals surface area (Å²) in [5, 5.41) is 11.4. The molecule has 0 aromatic heterocycles. The average molecular weight is 255 g/mol. The standard InChI is InChI=1S/C12H21N3O3/c1-2-3-5-13-12(18)15-9-7-14(8-10-15)6-4-11(16)17/h2H,1,3-10H2,(H,13,18)(H,16,17). The van der Waals surface area contributed by atoms with Crippen molar-refractivity contribution in [3.63, 3.8) is 0 Å². The number of carbonyl (C=O) groups is 2. The summed E-state index contributed by atoms with van der Waals surface area (Å²) in [5.74, 6) is -0.778. The van der Waals surface area contributed by atoms with Gasteiger partial charge < -0.3 is 15.3 Å². The molecule has 2 N–H and O–H groups in total. The summed E-state index contributed by atoms with van der Waals surface area (Å²) in [6, 6.07) is -0.0465. The summed E-state index contributed by atoms with van der Waals surface area (Å²) in [6.45, 7) is 7.55. The predicted molar refractivity (Wildman–Crippen MR) is 68.5 cm³/mol. The molecule has 1 saturated heterocycles. The highest BCUT2D eigenvalue weighted by Gasteiger charge is 2.20. The molecule has 1 fully saturated rings. The fraction of sp³-hybridized carbons (Fsp3) is 0.667. The Hall–Kier alpha value is -1.56. The number of nitrogens with one attached hydrogen (secondary N) is 1. The Labute approximate surface area is 107 Å². The van der Waals surface area contributed by atoms with E-state index >= 15 is 0 Å². The van der Waals surface area contributed by atoms with Crippen LogP contribution in [0.1, 0.15) is 12.8 Å². The van der Waals surface area contributed by atoms with Crippen LogP contribution in [0.5, 0.6) is 0 Å². The number of carbonyl (C=O) groups excluding carboxylic acids is 1. The van der Waals surface area contributed by atoms with Gasteiger partial charge in [0.2, 0.25) is 0 Å². The lowest BCUT2D eigenvalue weighted by molar-refractivity contribution is -0.137. The highest BCUT2D eigenvalue weighted by molar-refractivity contribution is 5.74. The van der Waals surface area contributed by atoms with Gasteiger partial charge in [-0.05, 0) is 6.42 Å². The van der Waals surface area contributed by atoms with Crippen LogP contribution in [0.25, 0.3) is 0 Å². The summed E-state index contributed by atoms with van der Waals surface area (Å²) in [7, 11) is 0. The molecular formula is C12H21N3O3.